The van der Waals surface area contributed by atoms with Crippen molar-refractivity contribution < 1.29 is 9.53 Å². The third-order valence-electron chi connectivity index (χ3n) is 3.99. The smallest absolute Gasteiger partial charge is 0.220 e. The number of fused-ring (bicyclic) bond motifs is 3. The van der Waals surface area contributed by atoms with Gasteiger partial charge in [-0.3, -0.25) is 4.79 Å². The summed E-state index contributed by atoms with van der Waals surface area (Å²) in [5, 5.41) is 3.12. The highest BCUT2D eigenvalue weighted by atomic mass is 16.5. The van der Waals surface area contributed by atoms with E-state index in [-0.39, 0.29) is 5.91 Å². The van der Waals surface area contributed by atoms with E-state index in [4.69, 9.17) is 4.74 Å². The first-order chi connectivity index (χ1) is 8.29. The molecule has 0 saturated carbocycles. The summed E-state index contributed by atoms with van der Waals surface area (Å²) in [7, 11) is 1.72. The molecule has 0 aromatic heterocycles. The van der Waals surface area contributed by atoms with Crippen molar-refractivity contribution in [3.63, 3.8) is 0 Å². The van der Waals surface area contributed by atoms with Crippen molar-refractivity contribution in [3.05, 3.63) is 29.3 Å². The van der Waals surface area contributed by atoms with Crippen LogP contribution in [-0.2, 0) is 11.2 Å². The summed E-state index contributed by atoms with van der Waals surface area (Å²) >= 11 is 0. The van der Waals surface area contributed by atoms with Gasteiger partial charge in [-0.2, -0.15) is 0 Å². The minimum absolute atomic E-state index is 0.199. The van der Waals surface area contributed by atoms with E-state index >= 15 is 0 Å². The standard InChI is InChI=1S/C14H17NO2/c1-17-12-4-2-3-9-5-7-11-10(14(9)12)6-8-13(16)15-11/h2-4,10-11H,5-8H2,1H3,(H,15,16)/t10-,11+/m0/s1. The Morgan fingerprint density at radius 1 is 1.29 bits per heavy atom. The third kappa shape index (κ3) is 1.70. The molecule has 0 unspecified atom stereocenters. The number of nitrogens with one attached hydrogen (secondary N) is 1. The van der Waals surface area contributed by atoms with Crippen LogP contribution in [0.2, 0.25) is 0 Å². The van der Waals surface area contributed by atoms with Crippen molar-refractivity contribution in [3.8, 4) is 5.75 Å². The fourth-order valence-electron chi connectivity index (χ4n) is 3.20. The zero-order chi connectivity index (χ0) is 11.8. The van der Waals surface area contributed by atoms with Crippen molar-refractivity contribution in [1.82, 2.24) is 5.32 Å². The molecule has 0 bridgehead atoms. The van der Waals surface area contributed by atoms with Gasteiger partial charge in [-0.05, 0) is 30.9 Å². The van der Waals surface area contributed by atoms with Gasteiger partial charge in [0.1, 0.15) is 5.75 Å². The predicted molar refractivity (Wildman–Crippen MR) is 65.2 cm³/mol. The molecule has 1 heterocycles. The molecule has 1 N–H and O–H groups in total. The molecule has 3 rings (SSSR count). The van der Waals surface area contributed by atoms with E-state index in [9.17, 15) is 4.79 Å². The maximum Gasteiger partial charge on any atom is 0.220 e. The summed E-state index contributed by atoms with van der Waals surface area (Å²) < 4.78 is 5.48. The van der Waals surface area contributed by atoms with E-state index in [1.807, 2.05) is 6.07 Å². The van der Waals surface area contributed by atoms with Crippen LogP contribution in [0.1, 0.15) is 36.3 Å². The maximum atomic E-state index is 11.4. The van der Waals surface area contributed by atoms with Crippen molar-refractivity contribution in [2.75, 3.05) is 7.11 Å². The average molecular weight is 231 g/mol. The number of hydrogen-bond acceptors (Lipinski definition) is 2. The van der Waals surface area contributed by atoms with E-state index < -0.39 is 0 Å². The first-order valence-corrected chi connectivity index (χ1v) is 6.24. The molecule has 1 aromatic carbocycles. The second-order valence-electron chi connectivity index (χ2n) is 4.89. The number of benzene rings is 1. The Labute approximate surface area is 101 Å². The van der Waals surface area contributed by atoms with E-state index in [2.05, 4.69) is 17.4 Å². The number of ether oxygens (including phenoxy) is 1. The maximum absolute atomic E-state index is 11.4. The Bertz CT molecular complexity index is 441. The first kappa shape index (κ1) is 10.6. The highest BCUT2D eigenvalue weighted by molar-refractivity contribution is 5.77. The molecule has 0 radical (unpaired) electrons. The highest BCUT2D eigenvalue weighted by Crippen LogP contribution is 2.41. The molecule has 1 aliphatic carbocycles. The summed E-state index contributed by atoms with van der Waals surface area (Å²) in [6, 6.07) is 6.57. The van der Waals surface area contributed by atoms with Gasteiger partial charge >= 0.3 is 0 Å². The van der Waals surface area contributed by atoms with Gasteiger partial charge in [0.15, 0.2) is 0 Å². The molecule has 2 aliphatic rings. The minimum Gasteiger partial charge on any atom is -0.496 e. The number of piperidine rings is 1. The van der Waals surface area contributed by atoms with Crippen molar-refractivity contribution >= 4 is 5.91 Å². The molecule has 90 valence electrons. The quantitative estimate of drug-likeness (QED) is 0.803. The summed E-state index contributed by atoms with van der Waals surface area (Å²) in [5.74, 6) is 1.62. The fourth-order valence-corrected chi connectivity index (χ4v) is 3.20. The molecule has 1 amide bonds. The zero-order valence-corrected chi connectivity index (χ0v) is 10.0. The topological polar surface area (TPSA) is 38.3 Å². The van der Waals surface area contributed by atoms with Gasteiger partial charge in [0.2, 0.25) is 5.91 Å². The number of amides is 1. The van der Waals surface area contributed by atoms with Gasteiger partial charge in [-0.1, -0.05) is 12.1 Å². The van der Waals surface area contributed by atoms with Crippen LogP contribution in [0.15, 0.2) is 18.2 Å². The van der Waals surface area contributed by atoms with E-state index in [0.29, 0.717) is 18.4 Å². The average Bonchev–Trinajstić information content (AvgIpc) is 2.37. The molecule has 17 heavy (non-hydrogen) atoms. The molecule has 3 nitrogen and oxygen atoms in total. The lowest BCUT2D eigenvalue weighted by Gasteiger charge is -2.38. The Morgan fingerprint density at radius 3 is 3.00 bits per heavy atom. The van der Waals surface area contributed by atoms with Crippen molar-refractivity contribution in [2.24, 2.45) is 0 Å². The molecule has 2 atom stereocenters. The number of carbonyl (C=O) groups excluding carboxylic acids is 1. The SMILES string of the molecule is COc1cccc2c1[C@H]1CCC(=O)N[C@@H]1CC2. The van der Waals surface area contributed by atoms with Crippen LogP contribution in [0.5, 0.6) is 5.75 Å². The molecular weight excluding hydrogens is 214 g/mol. The Morgan fingerprint density at radius 2 is 2.18 bits per heavy atom. The van der Waals surface area contributed by atoms with E-state index in [0.717, 1.165) is 25.0 Å². The van der Waals surface area contributed by atoms with Crippen molar-refractivity contribution in [1.29, 1.82) is 0 Å². The molecule has 1 aliphatic heterocycles. The van der Waals surface area contributed by atoms with Gasteiger partial charge in [-0.15, -0.1) is 0 Å². The van der Waals surface area contributed by atoms with Crippen molar-refractivity contribution in [2.45, 2.75) is 37.6 Å². The van der Waals surface area contributed by atoms with Crippen LogP contribution in [0.25, 0.3) is 0 Å². The number of aryl methyl sites for hydroxylation is 1. The summed E-state index contributed by atoms with van der Waals surface area (Å²) in [4.78, 5) is 11.4. The van der Waals surface area contributed by atoms with Crippen LogP contribution in [0, 0.1) is 0 Å². The summed E-state index contributed by atoms with van der Waals surface area (Å²) in [6.07, 6.45) is 3.67. The third-order valence-corrected chi connectivity index (χ3v) is 3.99. The molecule has 1 saturated heterocycles. The molecular formula is C14H17NO2. The van der Waals surface area contributed by atoms with Gasteiger partial charge < -0.3 is 10.1 Å². The minimum atomic E-state index is 0.199. The van der Waals surface area contributed by atoms with Gasteiger partial charge in [0.05, 0.1) is 7.11 Å². The fraction of sp³-hybridized carbons (Fsp3) is 0.500. The van der Waals surface area contributed by atoms with E-state index in [1.54, 1.807) is 7.11 Å². The molecule has 1 fully saturated rings. The molecule has 1 aromatic rings. The molecule has 3 heteroatoms. The van der Waals surface area contributed by atoms with Crippen LogP contribution in [0.3, 0.4) is 0 Å². The number of rotatable bonds is 1. The number of carbonyl (C=O) groups is 1. The molecule has 0 spiro atoms. The van der Waals surface area contributed by atoms with Crippen LogP contribution < -0.4 is 10.1 Å². The second kappa shape index (κ2) is 4.06. The van der Waals surface area contributed by atoms with Gasteiger partial charge in [-0.25, -0.2) is 0 Å². The number of methoxy groups -OCH3 is 1. The van der Waals surface area contributed by atoms with Gasteiger partial charge in [0.25, 0.3) is 0 Å². The predicted octanol–water partition coefficient (Wildman–Crippen LogP) is 2.00. The highest BCUT2D eigenvalue weighted by Gasteiger charge is 2.35. The number of hydrogen-bond donors (Lipinski definition) is 1. The lowest BCUT2D eigenvalue weighted by molar-refractivity contribution is -0.123. The Hall–Kier alpha value is -1.51. The van der Waals surface area contributed by atoms with Crippen LogP contribution >= 0.6 is 0 Å². The van der Waals surface area contributed by atoms with Crippen LogP contribution in [0.4, 0.5) is 0 Å². The lowest BCUT2D eigenvalue weighted by atomic mass is 9.74. The summed E-state index contributed by atoms with van der Waals surface area (Å²) in [6.45, 7) is 0. The summed E-state index contributed by atoms with van der Waals surface area (Å²) in [5.41, 5.74) is 2.72. The monoisotopic (exact) mass is 231 g/mol. The first-order valence-electron chi connectivity index (χ1n) is 6.24. The Balaban J connectivity index is 2.02. The normalized spacial score (nSPS) is 26.8. The second-order valence-corrected chi connectivity index (χ2v) is 4.89. The van der Waals surface area contributed by atoms with E-state index in [1.165, 1.54) is 11.1 Å². The zero-order valence-electron chi connectivity index (χ0n) is 10.0. The largest absolute Gasteiger partial charge is 0.496 e. The van der Waals surface area contributed by atoms with Crippen LogP contribution in [-0.4, -0.2) is 19.1 Å². The Kier molecular flexibility index (Phi) is 2.54. The van der Waals surface area contributed by atoms with Gasteiger partial charge in [0, 0.05) is 23.9 Å². The lowest BCUT2D eigenvalue weighted by Crippen LogP contribution is -2.46.